The van der Waals surface area contributed by atoms with E-state index < -0.39 is 5.97 Å². The van der Waals surface area contributed by atoms with Crippen LogP contribution in [0.15, 0.2) is 35.7 Å². The summed E-state index contributed by atoms with van der Waals surface area (Å²) in [6.45, 7) is 0.286. The van der Waals surface area contributed by atoms with Crippen LogP contribution in [0.5, 0.6) is 0 Å². The maximum Gasteiger partial charge on any atom is 0.355 e. The molecule has 0 saturated heterocycles. The molecule has 6 heteroatoms. The van der Waals surface area contributed by atoms with Crippen molar-refractivity contribution in [3.05, 3.63) is 52.0 Å². The predicted molar refractivity (Wildman–Crippen MR) is 78.2 cm³/mol. The van der Waals surface area contributed by atoms with Crippen LogP contribution in [0.4, 0.5) is 0 Å². The fourth-order valence-corrected chi connectivity index (χ4v) is 3.05. The van der Waals surface area contributed by atoms with Crippen LogP contribution in [0.2, 0.25) is 0 Å². The second-order valence-electron chi connectivity index (χ2n) is 5.01. The standard InChI is InChI=1S/C15H14N2O3S/c18-14(11-6-10(11)9-4-2-1-3-5-9)16-7-13-17-12(8-21-13)15(19)20/h1-5,8,10-11H,6-7H2,(H,16,18)(H,19,20). The molecule has 2 N–H and O–H groups in total. The Hall–Kier alpha value is -2.21. The van der Waals surface area contributed by atoms with Crippen molar-refractivity contribution in [3.8, 4) is 0 Å². The number of nitrogens with zero attached hydrogens (tertiary/aromatic N) is 1. The molecule has 1 aliphatic carbocycles. The summed E-state index contributed by atoms with van der Waals surface area (Å²) in [5.41, 5.74) is 1.22. The van der Waals surface area contributed by atoms with Crippen molar-refractivity contribution >= 4 is 23.2 Å². The maximum atomic E-state index is 12.1. The van der Waals surface area contributed by atoms with Crippen molar-refractivity contribution in [1.29, 1.82) is 0 Å². The molecule has 2 atom stereocenters. The van der Waals surface area contributed by atoms with Gasteiger partial charge in [-0.1, -0.05) is 30.3 Å². The van der Waals surface area contributed by atoms with Gasteiger partial charge < -0.3 is 10.4 Å². The van der Waals surface area contributed by atoms with Crippen LogP contribution in [-0.4, -0.2) is 22.0 Å². The Morgan fingerprint density at radius 2 is 2.10 bits per heavy atom. The van der Waals surface area contributed by atoms with E-state index in [1.807, 2.05) is 30.3 Å². The van der Waals surface area contributed by atoms with Crippen LogP contribution in [0, 0.1) is 5.92 Å². The Kier molecular flexibility index (Phi) is 3.70. The fourth-order valence-electron chi connectivity index (χ4n) is 2.34. The lowest BCUT2D eigenvalue weighted by Crippen LogP contribution is -2.24. The number of thiazole rings is 1. The van der Waals surface area contributed by atoms with Gasteiger partial charge in [-0.15, -0.1) is 11.3 Å². The Balaban J connectivity index is 1.52. The van der Waals surface area contributed by atoms with Crippen molar-refractivity contribution < 1.29 is 14.7 Å². The number of aromatic carboxylic acids is 1. The number of aromatic nitrogens is 1. The molecular weight excluding hydrogens is 288 g/mol. The minimum Gasteiger partial charge on any atom is -0.476 e. The van der Waals surface area contributed by atoms with Crippen LogP contribution >= 0.6 is 11.3 Å². The lowest BCUT2D eigenvalue weighted by Gasteiger charge is -2.03. The first-order chi connectivity index (χ1) is 10.1. The summed E-state index contributed by atoms with van der Waals surface area (Å²) in [7, 11) is 0. The summed E-state index contributed by atoms with van der Waals surface area (Å²) >= 11 is 1.24. The Labute approximate surface area is 125 Å². The zero-order valence-electron chi connectivity index (χ0n) is 11.2. The smallest absolute Gasteiger partial charge is 0.355 e. The van der Waals surface area contributed by atoms with Gasteiger partial charge in [-0.25, -0.2) is 9.78 Å². The molecule has 1 heterocycles. The number of hydrogen-bond donors (Lipinski definition) is 2. The Morgan fingerprint density at radius 1 is 1.33 bits per heavy atom. The largest absolute Gasteiger partial charge is 0.476 e. The molecule has 1 saturated carbocycles. The van der Waals surface area contributed by atoms with E-state index in [1.54, 1.807) is 0 Å². The third kappa shape index (κ3) is 3.11. The summed E-state index contributed by atoms with van der Waals surface area (Å²) in [5.74, 6) is -0.713. The topological polar surface area (TPSA) is 79.3 Å². The van der Waals surface area contributed by atoms with E-state index in [0.29, 0.717) is 10.9 Å². The van der Waals surface area contributed by atoms with Gasteiger partial charge in [0.15, 0.2) is 5.69 Å². The third-order valence-corrected chi connectivity index (χ3v) is 4.39. The molecule has 1 fully saturated rings. The van der Waals surface area contributed by atoms with Gasteiger partial charge in [-0.2, -0.15) is 0 Å². The van der Waals surface area contributed by atoms with Gasteiger partial charge in [0, 0.05) is 11.3 Å². The summed E-state index contributed by atoms with van der Waals surface area (Å²) < 4.78 is 0. The molecule has 21 heavy (non-hydrogen) atoms. The molecule has 2 aromatic rings. The lowest BCUT2D eigenvalue weighted by molar-refractivity contribution is -0.122. The predicted octanol–water partition coefficient (Wildman–Crippen LogP) is 2.26. The highest BCUT2D eigenvalue weighted by atomic mass is 32.1. The molecule has 0 aliphatic heterocycles. The summed E-state index contributed by atoms with van der Waals surface area (Å²) in [5, 5.41) is 13.7. The summed E-state index contributed by atoms with van der Waals surface area (Å²) in [6, 6.07) is 10.00. The van der Waals surface area contributed by atoms with Gasteiger partial charge >= 0.3 is 5.97 Å². The van der Waals surface area contributed by atoms with Crippen molar-refractivity contribution in [2.75, 3.05) is 0 Å². The average molecular weight is 302 g/mol. The van der Waals surface area contributed by atoms with E-state index in [-0.39, 0.29) is 24.1 Å². The Bertz CT molecular complexity index is 669. The highest BCUT2D eigenvalue weighted by molar-refractivity contribution is 7.09. The normalized spacial score (nSPS) is 20.0. The number of rotatable bonds is 5. The molecule has 2 unspecified atom stereocenters. The number of carboxylic acids is 1. The zero-order valence-corrected chi connectivity index (χ0v) is 12.0. The molecule has 108 valence electrons. The Morgan fingerprint density at radius 3 is 2.76 bits per heavy atom. The van der Waals surface area contributed by atoms with Gasteiger partial charge in [0.2, 0.25) is 5.91 Å². The molecule has 0 radical (unpaired) electrons. The first kappa shape index (κ1) is 13.8. The van der Waals surface area contributed by atoms with Gasteiger partial charge in [0.1, 0.15) is 5.01 Å². The zero-order chi connectivity index (χ0) is 14.8. The number of carbonyl (C=O) groups excluding carboxylic acids is 1. The van der Waals surface area contributed by atoms with Crippen LogP contribution in [0.1, 0.15) is 33.4 Å². The molecule has 1 aromatic carbocycles. The highest BCUT2D eigenvalue weighted by Crippen LogP contribution is 2.47. The first-order valence-corrected chi connectivity index (χ1v) is 7.53. The van der Waals surface area contributed by atoms with Gasteiger partial charge in [-0.05, 0) is 17.9 Å². The van der Waals surface area contributed by atoms with Gasteiger partial charge in [-0.3, -0.25) is 4.79 Å². The van der Waals surface area contributed by atoms with Crippen LogP contribution in [-0.2, 0) is 11.3 Å². The van der Waals surface area contributed by atoms with E-state index in [0.717, 1.165) is 6.42 Å². The maximum absolute atomic E-state index is 12.1. The quantitative estimate of drug-likeness (QED) is 0.888. The average Bonchev–Trinajstić information content (AvgIpc) is 3.15. The molecule has 1 aromatic heterocycles. The first-order valence-electron chi connectivity index (χ1n) is 6.65. The number of amides is 1. The molecule has 5 nitrogen and oxygen atoms in total. The molecule has 3 rings (SSSR count). The van der Waals surface area contributed by atoms with Gasteiger partial charge in [0.05, 0.1) is 6.54 Å². The fraction of sp³-hybridized carbons (Fsp3) is 0.267. The summed E-state index contributed by atoms with van der Waals surface area (Å²) in [4.78, 5) is 26.7. The number of hydrogen-bond acceptors (Lipinski definition) is 4. The monoisotopic (exact) mass is 302 g/mol. The summed E-state index contributed by atoms with van der Waals surface area (Å²) in [6.07, 6.45) is 0.869. The van der Waals surface area contributed by atoms with E-state index >= 15 is 0 Å². The molecule has 0 spiro atoms. The van der Waals surface area contributed by atoms with Crippen LogP contribution in [0.25, 0.3) is 0 Å². The number of benzene rings is 1. The highest BCUT2D eigenvalue weighted by Gasteiger charge is 2.43. The SMILES string of the molecule is O=C(O)c1csc(CNC(=O)C2CC2c2ccccc2)n1. The van der Waals surface area contributed by atoms with E-state index in [9.17, 15) is 9.59 Å². The van der Waals surface area contributed by atoms with Crippen molar-refractivity contribution in [2.45, 2.75) is 18.9 Å². The lowest BCUT2D eigenvalue weighted by atomic mass is 10.1. The number of nitrogens with one attached hydrogen (secondary N) is 1. The van der Waals surface area contributed by atoms with Crippen LogP contribution in [0.3, 0.4) is 0 Å². The van der Waals surface area contributed by atoms with E-state index in [1.165, 1.54) is 22.3 Å². The van der Waals surface area contributed by atoms with Crippen LogP contribution < -0.4 is 5.32 Å². The van der Waals surface area contributed by atoms with Gasteiger partial charge in [0.25, 0.3) is 0 Å². The van der Waals surface area contributed by atoms with Crippen molar-refractivity contribution in [1.82, 2.24) is 10.3 Å². The second kappa shape index (κ2) is 5.65. The van der Waals surface area contributed by atoms with E-state index in [2.05, 4.69) is 10.3 Å². The van der Waals surface area contributed by atoms with Crippen molar-refractivity contribution in [2.24, 2.45) is 5.92 Å². The molecule has 1 amide bonds. The number of carboxylic acid groups (broad SMARTS) is 1. The molecule has 1 aliphatic rings. The minimum absolute atomic E-state index is 0.0101. The van der Waals surface area contributed by atoms with E-state index in [4.69, 9.17) is 5.11 Å². The second-order valence-corrected chi connectivity index (χ2v) is 5.95. The molecular formula is C15H14N2O3S. The number of carbonyl (C=O) groups is 2. The van der Waals surface area contributed by atoms with Crippen molar-refractivity contribution in [3.63, 3.8) is 0 Å². The minimum atomic E-state index is -1.05. The molecule has 0 bridgehead atoms. The third-order valence-electron chi connectivity index (χ3n) is 3.54.